The van der Waals surface area contributed by atoms with Crippen LogP contribution in [0.1, 0.15) is 35.7 Å². The molecule has 0 aliphatic carbocycles. The minimum atomic E-state index is -0.589. The van der Waals surface area contributed by atoms with Gasteiger partial charge in [0.15, 0.2) is 0 Å². The number of carbonyl (C=O) groups is 2. The van der Waals surface area contributed by atoms with Crippen molar-refractivity contribution >= 4 is 23.4 Å². The fraction of sp³-hybridized carbons (Fsp3) is 0.529. The smallest absolute Gasteiger partial charge is 0.258 e. The van der Waals surface area contributed by atoms with Crippen LogP contribution in [0.4, 0.5) is 4.39 Å². The molecule has 1 aromatic carbocycles. The third-order valence-electron chi connectivity index (χ3n) is 4.92. The highest BCUT2D eigenvalue weighted by atomic mass is 35.5. The molecule has 0 aromatic heterocycles. The zero-order chi connectivity index (χ0) is 16.7. The number of fused-ring (bicyclic) bond motifs is 4. The van der Waals surface area contributed by atoms with Crippen LogP contribution in [0.3, 0.4) is 0 Å². The molecular weight excluding hydrogens is 319 g/mol. The van der Waals surface area contributed by atoms with E-state index in [0.717, 1.165) is 12.8 Å². The number of amides is 2. The molecule has 0 spiro atoms. The molecule has 0 N–H and O–H groups in total. The summed E-state index contributed by atoms with van der Waals surface area (Å²) in [5.41, 5.74) is 0.635. The Morgan fingerprint density at radius 3 is 2.65 bits per heavy atom. The van der Waals surface area contributed by atoms with E-state index in [1.165, 1.54) is 6.07 Å². The van der Waals surface area contributed by atoms with Gasteiger partial charge in [-0.05, 0) is 37.3 Å². The van der Waals surface area contributed by atoms with Crippen LogP contribution >= 0.6 is 11.6 Å². The molecule has 1 aromatic rings. The maximum Gasteiger partial charge on any atom is 0.258 e. The Bertz CT molecular complexity index is 664. The Morgan fingerprint density at radius 2 is 1.96 bits per heavy atom. The predicted octanol–water partition coefficient (Wildman–Crippen LogP) is 2.87. The van der Waals surface area contributed by atoms with Gasteiger partial charge in [0.25, 0.3) is 5.91 Å². The van der Waals surface area contributed by atoms with E-state index in [2.05, 4.69) is 0 Å². The number of benzene rings is 1. The van der Waals surface area contributed by atoms with Gasteiger partial charge in [0.1, 0.15) is 5.82 Å². The van der Waals surface area contributed by atoms with Crippen LogP contribution in [0.15, 0.2) is 12.1 Å². The third-order valence-corrected chi connectivity index (χ3v) is 5.40. The van der Waals surface area contributed by atoms with Gasteiger partial charge in [0.05, 0.1) is 10.6 Å². The minimum absolute atomic E-state index is 0.0240. The van der Waals surface area contributed by atoms with E-state index in [0.29, 0.717) is 25.2 Å². The van der Waals surface area contributed by atoms with Crippen molar-refractivity contribution < 1.29 is 14.0 Å². The second-order valence-corrected chi connectivity index (χ2v) is 6.91. The largest absolute Gasteiger partial charge is 0.341 e. The first-order valence-corrected chi connectivity index (χ1v) is 8.27. The highest BCUT2D eigenvalue weighted by Gasteiger charge is 2.39. The molecule has 3 saturated heterocycles. The SMILES string of the molecule is CC(=O)N1C[C@@H]2CC[C@H](C1)N(C(=O)c1c(F)ccc(C)c1Cl)C2. The molecule has 23 heavy (non-hydrogen) atoms. The van der Waals surface area contributed by atoms with Gasteiger partial charge < -0.3 is 9.80 Å². The first-order chi connectivity index (χ1) is 10.9. The normalized spacial score (nSPS) is 23.8. The van der Waals surface area contributed by atoms with Gasteiger partial charge >= 0.3 is 0 Å². The molecule has 4 nitrogen and oxygen atoms in total. The molecule has 124 valence electrons. The van der Waals surface area contributed by atoms with Gasteiger partial charge in [-0.3, -0.25) is 9.59 Å². The quantitative estimate of drug-likeness (QED) is 0.790. The molecular formula is C17H20ClFN2O2. The average Bonchev–Trinajstić information content (AvgIpc) is 2.83. The number of nitrogens with zero attached hydrogens (tertiary/aromatic N) is 2. The van der Waals surface area contributed by atoms with E-state index in [-0.39, 0.29) is 34.4 Å². The first-order valence-electron chi connectivity index (χ1n) is 7.89. The number of hydrogen-bond donors (Lipinski definition) is 0. The van der Waals surface area contributed by atoms with Gasteiger partial charge in [-0.1, -0.05) is 17.7 Å². The Hall–Kier alpha value is -1.62. The lowest BCUT2D eigenvalue weighted by Gasteiger charge is -2.36. The van der Waals surface area contributed by atoms with Crippen molar-refractivity contribution in [2.45, 2.75) is 32.7 Å². The summed E-state index contributed by atoms with van der Waals surface area (Å²) in [6, 6.07) is 2.79. The van der Waals surface area contributed by atoms with Crippen molar-refractivity contribution in [2.75, 3.05) is 19.6 Å². The highest BCUT2D eigenvalue weighted by Crippen LogP contribution is 2.32. The monoisotopic (exact) mass is 338 g/mol. The lowest BCUT2D eigenvalue weighted by Crippen LogP contribution is -2.48. The standard InChI is InChI=1S/C17H20ClFN2O2/c1-10-3-6-14(19)15(16(10)18)17(23)21-8-12-4-5-13(21)9-20(7-12)11(2)22/h3,6,12-13H,4-5,7-9H2,1-2H3/t12-,13+/m0/s1. The van der Waals surface area contributed by atoms with Crippen LogP contribution in [0.25, 0.3) is 0 Å². The molecule has 0 radical (unpaired) electrons. The zero-order valence-electron chi connectivity index (χ0n) is 13.3. The zero-order valence-corrected chi connectivity index (χ0v) is 14.1. The summed E-state index contributed by atoms with van der Waals surface area (Å²) < 4.78 is 14.2. The van der Waals surface area contributed by atoms with E-state index >= 15 is 0 Å². The van der Waals surface area contributed by atoms with E-state index < -0.39 is 5.82 Å². The summed E-state index contributed by atoms with van der Waals surface area (Å²) in [7, 11) is 0. The number of rotatable bonds is 1. The molecule has 4 rings (SSSR count). The van der Waals surface area contributed by atoms with E-state index in [9.17, 15) is 14.0 Å². The average molecular weight is 339 g/mol. The van der Waals surface area contributed by atoms with Crippen LogP contribution in [0, 0.1) is 18.7 Å². The Morgan fingerprint density at radius 1 is 1.22 bits per heavy atom. The summed E-state index contributed by atoms with van der Waals surface area (Å²) in [4.78, 5) is 28.1. The lowest BCUT2D eigenvalue weighted by molar-refractivity contribution is -0.129. The maximum absolute atomic E-state index is 14.2. The minimum Gasteiger partial charge on any atom is -0.341 e. The molecule has 6 heteroatoms. The lowest BCUT2D eigenvalue weighted by atomic mass is 9.94. The molecule has 2 atom stereocenters. The van der Waals surface area contributed by atoms with Gasteiger partial charge in [0.2, 0.25) is 5.91 Å². The summed E-state index contributed by atoms with van der Waals surface area (Å²) >= 11 is 6.18. The maximum atomic E-state index is 14.2. The second kappa shape index (κ2) is 6.11. The van der Waals surface area contributed by atoms with Crippen molar-refractivity contribution in [3.8, 4) is 0 Å². The van der Waals surface area contributed by atoms with Gasteiger partial charge in [-0.2, -0.15) is 0 Å². The summed E-state index contributed by atoms with van der Waals surface area (Å²) in [6.07, 6.45) is 1.83. The fourth-order valence-electron chi connectivity index (χ4n) is 3.58. The Labute approximate surface area is 140 Å². The summed E-state index contributed by atoms with van der Waals surface area (Å²) in [5, 5.41) is 0.179. The Balaban J connectivity index is 1.92. The number of carbonyl (C=O) groups excluding carboxylic acids is 2. The predicted molar refractivity (Wildman–Crippen MR) is 85.9 cm³/mol. The molecule has 3 aliphatic heterocycles. The number of aryl methyl sites for hydroxylation is 1. The van der Waals surface area contributed by atoms with Gasteiger partial charge in [-0.25, -0.2) is 4.39 Å². The summed E-state index contributed by atoms with van der Waals surface area (Å²) in [6.45, 7) is 5.04. The Kier molecular flexibility index (Phi) is 4.32. The summed E-state index contributed by atoms with van der Waals surface area (Å²) in [5.74, 6) is -0.686. The molecule has 3 fully saturated rings. The van der Waals surface area contributed by atoms with Crippen LogP contribution in [0.5, 0.6) is 0 Å². The van der Waals surface area contributed by atoms with Crippen LogP contribution < -0.4 is 0 Å². The van der Waals surface area contributed by atoms with Crippen molar-refractivity contribution in [3.05, 3.63) is 34.1 Å². The van der Waals surface area contributed by atoms with Gasteiger partial charge in [0, 0.05) is 32.6 Å². The molecule has 3 heterocycles. The molecule has 2 amide bonds. The number of hydrogen-bond acceptors (Lipinski definition) is 2. The first kappa shape index (κ1) is 16.2. The van der Waals surface area contributed by atoms with E-state index in [4.69, 9.17) is 11.6 Å². The van der Waals surface area contributed by atoms with Crippen molar-refractivity contribution in [1.29, 1.82) is 0 Å². The van der Waals surface area contributed by atoms with E-state index in [1.807, 2.05) is 0 Å². The second-order valence-electron chi connectivity index (χ2n) is 6.53. The van der Waals surface area contributed by atoms with Crippen LogP contribution in [0.2, 0.25) is 5.02 Å². The van der Waals surface area contributed by atoms with Crippen molar-refractivity contribution in [3.63, 3.8) is 0 Å². The van der Waals surface area contributed by atoms with Crippen LogP contribution in [-0.2, 0) is 4.79 Å². The molecule has 0 saturated carbocycles. The molecule has 3 aliphatic rings. The topological polar surface area (TPSA) is 40.6 Å². The van der Waals surface area contributed by atoms with Crippen LogP contribution in [-0.4, -0.2) is 47.3 Å². The molecule has 0 unspecified atom stereocenters. The molecule has 2 bridgehead atoms. The number of piperidine rings is 1. The van der Waals surface area contributed by atoms with Gasteiger partial charge in [-0.15, -0.1) is 0 Å². The fourth-order valence-corrected chi connectivity index (χ4v) is 3.82. The number of halogens is 2. The van der Waals surface area contributed by atoms with Crippen molar-refractivity contribution in [2.24, 2.45) is 5.92 Å². The van der Waals surface area contributed by atoms with Crippen molar-refractivity contribution in [1.82, 2.24) is 9.80 Å². The van der Waals surface area contributed by atoms with E-state index in [1.54, 1.807) is 29.7 Å². The highest BCUT2D eigenvalue weighted by molar-refractivity contribution is 6.34. The third kappa shape index (κ3) is 2.94.